The molecule has 0 radical (unpaired) electrons. The lowest BCUT2D eigenvalue weighted by molar-refractivity contribution is 0.0524. The van der Waals surface area contributed by atoms with E-state index in [1.807, 2.05) is 0 Å². The third-order valence-corrected chi connectivity index (χ3v) is 2.31. The van der Waals surface area contributed by atoms with Gasteiger partial charge in [0.25, 0.3) is 5.56 Å². The molecule has 7 nitrogen and oxygen atoms in total. The van der Waals surface area contributed by atoms with Gasteiger partial charge in [-0.3, -0.25) is 4.79 Å². The average Bonchev–Trinajstić information content (AvgIpc) is 2.39. The molecule has 0 aliphatic rings. The molecule has 0 saturated carbocycles. The summed E-state index contributed by atoms with van der Waals surface area (Å²) in [5.74, 6) is -0.779. The number of H-pyrrole nitrogens is 1. The van der Waals surface area contributed by atoms with Crippen molar-refractivity contribution in [2.75, 3.05) is 6.61 Å². The number of aromatic amines is 1. The second kappa shape index (κ2) is 5.30. The number of aromatic nitrogens is 3. The van der Waals surface area contributed by atoms with Crippen LogP contribution in [0.25, 0.3) is 11.5 Å². The zero-order chi connectivity index (χ0) is 13.8. The molecule has 0 fully saturated rings. The summed E-state index contributed by atoms with van der Waals surface area (Å²) in [5, 5.41) is 9.60. The summed E-state index contributed by atoms with van der Waals surface area (Å²) < 4.78 is 4.71. The fourth-order valence-electron chi connectivity index (χ4n) is 1.45. The van der Waals surface area contributed by atoms with E-state index in [1.165, 1.54) is 12.3 Å². The number of carbonyl (C=O) groups is 1. The summed E-state index contributed by atoms with van der Waals surface area (Å²) in [5.41, 5.74) is -0.704. The molecular weight excluding hydrogens is 250 g/mol. The number of aromatic hydroxyl groups is 1. The Hall–Kier alpha value is -2.70. The predicted octanol–water partition coefficient (Wildman–Crippen LogP) is 0.714. The van der Waals surface area contributed by atoms with Crippen LogP contribution < -0.4 is 5.56 Å². The fourth-order valence-corrected chi connectivity index (χ4v) is 1.45. The maximum Gasteiger partial charge on any atom is 0.345 e. The zero-order valence-corrected chi connectivity index (χ0v) is 10.1. The number of nitrogens with one attached hydrogen (secondary N) is 1. The average molecular weight is 261 g/mol. The molecule has 98 valence electrons. The zero-order valence-electron chi connectivity index (χ0n) is 10.1. The van der Waals surface area contributed by atoms with E-state index in [9.17, 15) is 14.7 Å². The summed E-state index contributed by atoms with van der Waals surface area (Å²) >= 11 is 0. The number of esters is 1. The molecule has 0 aliphatic carbocycles. The number of hydrogen-bond acceptors (Lipinski definition) is 6. The van der Waals surface area contributed by atoms with Crippen molar-refractivity contribution >= 4 is 5.97 Å². The van der Waals surface area contributed by atoms with Crippen molar-refractivity contribution in [1.82, 2.24) is 15.0 Å². The van der Waals surface area contributed by atoms with Crippen LogP contribution in [-0.4, -0.2) is 32.6 Å². The first-order chi connectivity index (χ1) is 9.13. The quantitative estimate of drug-likeness (QED) is 0.788. The standard InChI is InChI=1S/C12H11N3O4/c1-2-19-12(18)7-6-14-10(15-11(7)17)9-8(16)4-3-5-13-9/h3-6,16H,2H2,1H3,(H,14,15,17). The molecule has 0 amide bonds. The largest absolute Gasteiger partial charge is 0.506 e. The molecule has 2 rings (SSSR count). The van der Waals surface area contributed by atoms with Gasteiger partial charge in [-0.1, -0.05) is 0 Å². The van der Waals surface area contributed by atoms with E-state index < -0.39 is 11.5 Å². The second-order valence-corrected chi connectivity index (χ2v) is 3.57. The van der Waals surface area contributed by atoms with Crippen molar-refractivity contribution in [2.24, 2.45) is 0 Å². The van der Waals surface area contributed by atoms with Gasteiger partial charge in [0.05, 0.1) is 6.61 Å². The smallest absolute Gasteiger partial charge is 0.345 e. The summed E-state index contributed by atoms with van der Waals surface area (Å²) in [7, 11) is 0. The number of nitrogens with zero attached hydrogens (tertiary/aromatic N) is 2. The van der Waals surface area contributed by atoms with Gasteiger partial charge < -0.3 is 14.8 Å². The third kappa shape index (κ3) is 2.59. The van der Waals surface area contributed by atoms with Gasteiger partial charge in [-0.15, -0.1) is 0 Å². The Balaban J connectivity index is 2.43. The van der Waals surface area contributed by atoms with Gasteiger partial charge in [0.15, 0.2) is 5.82 Å². The monoisotopic (exact) mass is 261 g/mol. The van der Waals surface area contributed by atoms with Crippen LogP contribution in [0.3, 0.4) is 0 Å². The molecule has 7 heteroatoms. The Morgan fingerprint density at radius 2 is 2.26 bits per heavy atom. The highest BCUT2D eigenvalue weighted by Crippen LogP contribution is 2.21. The summed E-state index contributed by atoms with van der Waals surface area (Å²) in [6.45, 7) is 1.81. The van der Waals surface area contributed by atoms with Gasteiger partial charge in [0, 0.05) is 12.4 Å². The highest BCUT2D eigenvalue weighted by Gasteiger charge is 2.15. The van der Waals surface area contributed by atoms with E-state index in [1.54, 1.807) is 13.0 Å². The highest BCUT2D eigenvalue weighted by molar-refractivity contribution is 5.88. The summed E-state index contributed by atoms with van der Waals surface area (Å²) in [6, 6.07) is 2.96. The molecular formula is C12H11N3O4. The Morgan fingerprint density at radius 1 is 1.47 bits per heavy atom. The van der Waals surface area contributed by atoms with Crippen LogP contribution in [-0.2, 0) is 4.74 Å². The molecule has 0 bridgehead atoms. The van der Waals surface area contributed by atoms with Gasteiger partial charge in [-0.05, 0) is 19.1 Å². The minimum Gasteiger partial charge on any atom is -0.506 e. The predicted molar refractivity (Wildman–Crippen MR) is 65.7 cm³/mol. The van der Waals surface area contributed by atoms with E-state index in [2.05, 4.69) is 15.0 Å². The van der Waals surface area contributed by atoms with E-state index in [4.69, 9.17) is 4.74 Å². The van der Waals surface area contributed by atoms with Crippen LogP contribution in [0.1, 0.15) is 17.3 Å². The summed E-state index contributed by atoms with van der Waals surface area (Å²) in [6.07, 6.45) is 2.55. The topological polar surface area (TPSA) is 105 Å². The van der Waals surface area contributed by atoms with Crippen molar-refractivity contribution in [3.63, 3.8) is 0 Å². The Kier molecular flexibility index (Phi) is 3.56. The van der Waals surface area contributed by atoms with Crippen molar-refractivity contribution in [2.45, 2.75) is 6.92 Å². The lowest BCUT2D eigenvalue weighted by Gasteiger charge is -2.04. The molecule has 0 unspecified atom stereocenters. The van der Waals surface area contributed by atoms with Crippen LogP contribution in [0.2, 0.25) is 0 Å². The molecule has 2 aromatic heterocycles. The number of ether oxygens (including phenoxy) is 1. The fraction of sp³-hybridized carbons (Fsp3) is 0.167. The van der Waals surface area contributed by atoms with E-state index in [0.29, 0.717) is 0 Å². The van der Waals surface area contributed by atoms with Crippen molar-refractivity contribution in [3.05, 3.63) is 40.4 Å². The molecule has 0 spiro atoms. The molecule has 2 heterocycles. The van der Waals surface area contributed by atoms with Crippen molar-refractivity contribution in [3.8, 4) is 17.3 Å². The van der Waals surface area contributed by atoms with Crippen LogP contribution in [0, 0.1) is 0 Å². The van der Waals surface area contributed by atoms with Crippen LogP contribution in [0.15, 0.2) is 29.3 Å². The van der Waals surface area contributed by atoms with Gasteiger partial charge in [-0.25, -0.2) is 14.8 Å². The maximum atomic E-state index is 11.7. The van der Waals surface area contributed by atoms with Crippen molar-refractivity contribution < 1.29 is 14.6 Å². The first-order valence-corrected chi connectivity index (χ1v) is 5.54. The number of hydrogen-bond donors (Lipinski definition) is 2. The number of carbonyl (C=O) groups excluding carboxylic acids is 1. The maximum absolute atomic E-state index is 11.7. The summed E-state index contributed by atoms with van der Waals surface area (Å²) in [4.78, 5) is 33.3. The molecule has 2 aromatic rings. The molecule has 0 aromatic carbocycles. The van der Waals surface area contributed by atoms with Crippen molar-refractivity contribution in [1.29, 1.82) is 0 Å². The molecule has 0 saturated heterocycles. The first kappa shape index (κ1) is 12.7. The minimum absolute atomic E-state index is 0.0798. The van der Waals surface area contributed by atoms with E-state index in [-0.39, 0.29) is 29.4 Å². The van der Waals surface area contributed by atoms with Crippen LogP contribution in [0.4, 0.5) is 0 Å². The van der Waals surface area contributed by atoms with Gasteiger partial charge >= 0.3 is 5.97 Å². The first-order valence-electron chi connectivity index (χ1n) is 5.54. The Bertz CT molecular complexity index is 666. The van der Waals surface area contributed by atoms with E-state index in [0.717, 1.165) is 6.20 Å². The second-order valence-electron chi connectivity index (χ2n) is 3.57. The SMILES string of the molecule is CCOC(=O)c1cnc(-c2ncccc2O)[nH]c1=O. The van der Waals surface area contributed by atoms with Crippen LogP contribution in [0.5, 0.6) is 5.75 Å². The number of rotatable bonds is 3. The van der Waals surface area contributed by atoms with E-state index >= 15 is 0 Å². The minimum atomic E-state index is -0.743. The molecule has 0 atom stereocenters. The Morgan fingerprint density at radius 3 is 2.89 bits per heavy atom. The molecule has 2 N–H and O–H groups in total. The normalized spacial score (nSPS) is 10.2. The lowest BCUT2D eigenvalue weighted by atomic mass is 10.3. The van der Waals surface area contributed by atoms with Gasteiger partial charge in [0.2, 0.25) is 0 Å². The third-order valence-electron chi connectivity index (χ3n) is 2.31. The Labute approximate surface area is 107 Å². The molecule has 19 heavy (non-hydrogen) atoms. The highest BCUT2D eigenvalue weighted by atomic mass is 16.5. The van der Waals surface area contributed by atoms with Gasteiger partial charge in [0.1, 0.15) is 17.0 Å². The lowest BCUT2D eigenvalue weighted by Crippen LogP contribution is -2.21. The number of pyridine rings is 1. The molecule has 0 aliphatic heterocycles. The van der Waals surface area contributed by atoms with Crippen LogP contribution >= 0.6 is 0 Å². The van der Waals surface area contributed by atoms with Gasteiger partial charge in [-0.2, -0.15) is 0 Å².